The van der Waals surface area contributed by atoms with Gasteiger partial charge in [0.15, 0.2) is 0 Å². The molecule has 2 N–H and O–H groups in total. The van der Waals surface area contributed by atoms with Gasteiger partial charge in [0, 0.05) is 18.2 Å². The number of anilines is 2. The highest BCUT2D eigenvalue weighted by molar-refractivity contribution is 6.04. The van der Waals surface area contributed by atoms with Gasteiger partial charge in [-0.2, -0.15) is 0 Å². The van der Waals surface area contributed by atoms with Crippen LogP contribution in [0.3, 0.4) is 0 Å². The van der Waals surface area contributed by atoms with Gasteiger partial charge in [-0.05, 0) is 25.0 Å². The Balaban J connectivity index is 1.75. The minimum atomic E-state index is -0.324. The van der Waals surface area contributed by atoms with Gasteiger partial charge in [-0.25, -0.2) is 9.97 Å². The van der Waals surface area contributed by atoms with Gasteiger partial charge in [0.2, 0.25) is 0 Å². The third-order valence-electron chi connectivity index (χ3n) is 3.49. The summed E-state index contributed by atoms with van der Waals surface area (Å²) in [5, 5.41) is 6.03. The molecule has 0 atom stereocenters. The predicted octanol–water partition coefficient (Wildman–Crippen LogP) is 2.32. The molecule has 1 amide bonds. The molecule has 1 aliphatic rings. The Morgan fingerprint density at radius 1 is 1.17 bits per heavy atom. The van der Waals surface area contributed by atoms with Crippen LogP contribution in [0.1, 0.15) is 23.3 Å². The molecule has 1 fully saturated rings. The molecule has 7 heteroatoms. The van der Waals surface area contributed by atoms with Crippen LogP contribution >= 0.6 is 0 Å². The smallest absolute Gasteiger partial charge is 0.274 e. The molecule has 23 heavy (non-hydrogen) atoms. The van der Waals surface area contributed by atoms with Gasteiger partial charge in [0.05, 0.1) is 19.9 Å². The molecule has 3 rings (SSSR count). The maximum absolute atomic E-state index is 12.4. The van der Waals surface area contributed by atoms with Crippen LogP contribution in [0, 0.1) is 0 Å². The van der Waals surface area contributed by atoms with Gasteiger partial charge in [0.1, 0.15) is 29.3 Å². The van der Waals surface area contributed by atoms with E-state index in [4.69, 9.17) is 9.47 Å². The summed E-state index contributed by atoms with van der Waals surface area (Å²) < 4.78 is 10.4. The van der Waals surface area contributed by atoms with Crippen molar-refractivity contribution < 1.29 is 14.3 Å². The van der Waals surface area contributed by atoms with Gasteiger partial charge in [-0.3, -0.25) is 4.79 Å². The number of carbonyl (C=O) groups is 1. The summed E-state index contributed by atoms with van der Waals surface area (Å²) in [4.78, 5) is 20.5. The highest BCUT2D eigenvalue weighted by Crippen LogP contribution is 2.29. The Labute approximate surface area is 134 Å². The van der Waals surface area contributed by atoms with Crippen molar-refractivity contribution in [3.05, 3.63) is 36.3 Å². The summed E-state index contributed by atoms with van der Waals surface area (Å²) in [5.41, 5.74) is 0.842. The Kier molecular flexibility index (Phi) is 4.27. The summed E-state index contributed by atoms with van der Waals surface area (Å²) in [6, 6.07) is 7.28. The SMILES string of the molecule is COc1ccc(NC(=O)c2cc(NC3CC3)ncn2)c(OC)c1. The monoisotopic (exact) mass is 314 g/mol. The lowest BCUT2D eigenvalue weighted by molar-refractivity contribution is 0.102. The van der Waals surface area contributed by atoms with E-state index in [1.165, 1.54) is 13.4 Å². The van der Waals surface area contributed by atoms with Gasteiger partial charge < -0.3 is 20.1 Å². The second-order valence-corrected chi connectivity index (χ2v) is 5.23. The van der Waals surface area contributed by atoms with E-state index in [0.717, 1.165) is 12.8 Å². The number of rotatable bonds is 6. The maximum atomic E-state index is 12.4. The zero-order chi connectivity index (χ0) is 16.2. The first-order valence-corrected chi connectivity index (χ1v) is 7.31. The fraction of sp³-hybridized carbons (Fsp3) is 0.312. The summed E-state index contributed by atoms with van der Waals surface area (Å²) >= 11 is 0. The number of hydrogen-bond acceptors (Lipinski definition) is 6. The fourth-order valence-corrected chi connectivity index (χ4v) is 2.09. The summed E-state index contributed by atoms with van der Waals surface area (Å²) in [6.07, 6.45) is 3.65. The number of nitrogens with one attached hydrogen (secondary N) is 2. The van der Waals surface area contributed by atoms with Crippen molar-refractivity contribution in [3.8, 4) is 11.5 Å². The van der Waals surface area contributed by atoms with E-state index in [1.54, 1.807) is 31.4 Å². The van der Waals surface area contributed by atoms with E-state index >= 15 is 0 Å². The van der Waals surface area contributed by atoms with Crippen molar-refractivity contribution >= 4 is 17.4 Å². The number of carbonyl (C=O) groups excluding carboxylic acids is 1. The Bertz CT molecular complexity index is 716. The third-order valence-corrected chi connectivity index (χ3v) is 3.49. The van der Waals surface area contributed by atoms with Crippen molar-refractivity contribution in [2.24, 2.45) is 0 Å². The zero-order valence-corrected chi connectivity index (χ0v) is 13.0. The highest BCUT2D eigenvalue weighted by Gasteiger charge is 2.22. The summed E-state index contributed by atoms with van der Waals surface area (Å²) in [7, 11) is 3.11. The molecule has 7 nitrogen and oxygen atoms in total. The van der Waals surface area contributed by atoms with Crippen LogP contribution in [0.4, 0.5) is 11.5 Å². The molecular formula is C16H18N4O3. The summed E-state index contributed by atoms with van der Waals surface area (Å²) in [5.74, 6) is 1.50. The normalized spacial score (nSPS) is 13.3. The number of hydrogen-bond donors (Lipinski definition) is 2. The van der Waals surface area contributed by atoms with Gasteiger partial charge in [-0.1, -0.05) is 0 Å². The van der Waals surface area contributed by atoms with Crippen molar-refractivity contribution in [2.75, 3.05) is 24.9 Å². The van der Waals surface area contributed by atoms with E-state index in [-0.39, 0.29) is 5.91 Å². The van der Waals surface area contributed by atoms with Crippen LogP contribution in [0.5, 0.6) is 11.5 Å². The van der Waals surface area contributed by atoms with Crippen molar-refractivity contribution in [1.82, 2.24) is 9.97 Å². The van der Waals surface area contributed by atoms with E-state index < -0.39 is 0 Å². The van der Waals surface area contributed by atoms with Crippen molar-refractivity contribution in [1.29, 1.82) is 0 Å². The van der Waals surface area contributed by atoms with Crippen LogP contribution in [-0.4, -0.2) is 36.1 Å². The number of ether oxygens (including phenoxy) is 2. The second-order valence-electron chi connectivity index (χ2n) is 5.23. The quantitative estimate of drug-likeness (QED) is 0.851. The molecule has 0 saturated heterocycles. The van der Waals surface area contributed by atoms with Gasteiger partial charge in [0.25, 0.3) is 5.91 Å². The number of nitrogens with zero attached hydrogens (tertiary/aromatic N) is 2. The first kappa shape index (κ1) is 15.1. The van der Waals surface area contributed by atoms with E-state index in [0.29, 0.717) is 34.7 Å². The third kappa shape index (κ3) is 3.68. The van der Waals surface area contributed by atoms with Gasteiger partial charge in [-0.15, -0.1) is 0 Å². The first-order valence-electron chi connectivity index (χ1n) is 7.31. The van der Waals surface area contributed by atoms with Crippen LogP contribution < -0.4 is 20.1 Å². The molecule has 1 heterocycles. The van der Waals surface area contributed by atoms with Crippen molar-refractivity contribution in [2.45, 2.75) is 18.9 Å². The largest absolute Gasteiger partial charge is 0.497 e. The number of amides is 1. The Morgan fingerprint density at radius 2 is 2.00 bits per heavy atom. The van der Waals surface area contributed by atoms with E-state index in [2.05, 4.69) is 20.6 Å². The number of aromatic nitrogens is 2. The highest BCUT2D eigenvalue weighted by atomic mass is 16.5. The average Bonchev–Trinajstić information content (AvgIpc) is 3.39. The molecule has 1 aromatic heterocycles. The fourth-order valence-electron chi connectivity index (χ4n) is 2.09. The minimum Gasteiger partial charge on any atom is -0.497 e. The van der Waals surface area contributed by atoms with Crippen LogP contribution in [0.25, 0.3) is 0 Å². The lowest BCUT2D eigenvalue weighted by Crippen LogP contribution is -2.15. The van der Waals surface area contributed by atoms with Crippen molar-refractivity contribution in [3.63, 3.8) is 0 Å². The van der Waals surface area contributed by atoms with E-state index in [9.17, 15) is 4.79 Å². The van der Waals surface area contributed by atoms with Crippen LogP contribution in [-0.2, 0) is 0 Å². The number of benzene rings is 1. The topological polar surface area (TPSA) is 85.4 Å². The minimum absolute atomic E-state index is 0.293. The second kappa shape index (κ2) is 6.51. The molecule has 0 radical (unpaired) electrons. The molecule has 0 unspecified atom stereocenters. The molecule has 1 saturated carbocycles. The molecule has 1 aliphatic carbocycles. The predicted molar refractivity (Wildman–Crippen MR) is 86.2 cm³/mol. The molecule has 0 bridgehead atoms. The maximum Gasteiger partial charge on any atom is 0.274 e. The zero-order valence-electron chi connectivity index (χ0n) is 13.0. The molecule has 0 aliphatic heterocycles. The Morgan fingerprint density at radius 3 is 2.70 bits per heavy atom. The van der Waals surface area contributed by atoms with Crippen LogP contribution in [0.2, 0.25) is 0 Å². The summed E-state index contributed by atoms with van der Waals surface area (Å²) in [6.45, 7) is 0. The first-order chi connectivity index (χ1) is 11.2. The molecule has 120 valence electrons. The molecule has 0 spiro atoms. The molecular weight excluding hydrogens is 296 g/mol. The molecule has 2 aromatic rings. The number of methoxy groups -OCH3 is 2. The van der Waals surface area contributed by atoms with E-state index in [1.807, 2.05) is 0 Å². The standard InChI is InChI=1S/C16H18N4O3/c1-22-11-5-6-12(14(7-11)23-2)20-16(21)13-8-15(18-9-17-13)19-10-3-4-10/h5-10H,3-4H2,1-2H3,(H,20,21)(H,17,18,19). The lowest BCUT2D eigenvalue weighted by Gasteiger charge is -2.11. The average molecular weight is 314 g/mol. The van der Waals surface area contributed by atoms with Crippen LogP contribution in [0.15, 0.2) is 30.6 Å². The van der Waals surface area contributed by atoms with Gasteiger partial charge >= 0.3 is 0 Å². The Hall–Kier alpha value is -2.83. The molecule has 1 aromatic carbocycles. The lowest BCUT2D eigenvalue weighted by atomic mass is 10.2.